The summed E-state index contributed by atoms with van der Waals surface area (Å²) in [4.78, 5) is 13.7. The minimum Gasteiger partial charge on any atom is -0.433 e. The van der Waals surface area contributed by atoms with Gasteiger partial charge in [-0.05, 0) is 25.0 Å². The number of piperidine rings is 1. The van der Waals surface area contributed by atoms with Gasteiger partial charge >= 0.3 is 12.6 Å². The molecule has 0 aliphatic carbocycles. The average molecular weight is 330 g/mol. The Morgan fingerprint density at radius 3 is 2.73 bits per heavy atom. The highest BCUT2D eigenvalue weighted by molar-refractivity contribution is 6.32. The van der Waals surface area contributed by atoms with Gasteiger partial charge in [-0.15, -0.1) is 0 Å². The first-order valence-corrected chi connectivity index (χ1v) is 7.07. The molecule has 8 heteroatoms. The number of hydrogen-bond donors (Lipinski definition) is 1. The lowest BCUT2D eigenvalue weighted by Crippen LogP contribution is -2.40. The highest BCUT2D eigenvalue weighted by Crippen LogP contribution is 2.29. The van der Waals surface area contributed by atoms with Crippen LogP contribution in [-0.2, 0) is 0 Å². The predicted octanol–water partition coefficient (Wildman–Crippen LogP) is 3.71. The number of nitrogens with zero attached hydrogens (tertiary/aromatic N) is 2. The first-order valence-electron chi connectivity index (χ1n) is 6.69. The molecule has 1 heterocycles. The third kappa shape index (κ3) is 4.21. The molecule has 118 valence electrons. The number of ether oxygens (including phenoxy) is 1. The van der Waals surface area contributed by atoms with Gasteiger partial charge in [0.05, 0.1) is 11.1 Å². The number of rotatable bonds is 3. The van der Waals surface area contributed by atoms with Crippen LogP contribution < -0.4 is 10.1 Å². The summed E-state index contributed by atoms with van der Waals surface area (Å²) in [5.74, 6) is -0.219. The quantitative estimate of drug-likeness (QED) is 0.919. The summed E-state index contributed by atoms with van der Waals surface area (Å²) in [6.07, 6.45) is 1.26. The Kier molecular flexibility index (Phi) is 5.39. The van der Waals surface area contributed by atoms with Gasteiger partial charge in [-0.25, -0.2) is 4.79 Å². The first kappa shape index (κ1) is 16.3. The number of alkyl halides is 2. The smallest absolute Gasteiger partial charge is 0.387 e. The molecule has 1 N–H and O–H groups in total. The standard InChI is InChI=1S/C14H14ClF2N3O2/c15-11-2-1-10(7-12(11)22-13(16)17)19-14(21)20-5-3-9(8-18)4-6-20/h1-2,7,9,13H,3-6H2,(H,19,21). The van der Waals surface area contributed by atoms with Crippen molar-refractivity contribution in [3.8, 4) is 11.8 Å². The number of carbonyl (C=O) groups is 1. The van der Waals surface area contributed by atoms with Crippen molar-refractivity contribution >= 4 is 23.3 Å². The summed E-state index contributed by atoms with van der Waals surface area (Å²) in [6, 6.07) is 5.96. The Morgan fingerprint density at radius 2 is 2.14 bits per heavy atom. The summed E-state index contributed by atoms with van der Waals surface area (Å²) in [6.45, 7) is -2.02. The zero-order chi connectivity index (χ0) is 16.1. The second kappa shape index (κ2) is 7.27. The molecular formula is C14H14ClF2N3O2. The van der Waals surface area contributed by atoms with Crippen LogP contribution in [0.2, 0.25) is 5.02 Å². The number of carbonyl (C=O) groups excluding carboxylic acids is 1. The van der Waals surface area contributed by atoms with Crippen molar-refractivity contribution < 1.29 is 18.3 Å². The van der Waals surface area contributed by atoms with E-state index in [0.29, 0.717) is 31.6 Å². The minimum absolute atomic E-state index is 0.0226. The number of anilines is 1. The number of halogens is 3. The van der Waals surface area contributed by atoms with E-state index in [0.717, 1.165) is 0 Å². The molecule has 0 unspecified atom stereocenters. The van der Waals surface area contributed by atoms with Crippen LogP contribution in [0, 0.1) is 17.2 Å². The van der Waals surface area contributed by atoms with Gasteiger partial charge in [0.1, 0.15) is 5.75 Å². The molecule has 1 saturated heterocycles. The van der Waals surface area contributed by atoms with Crippen molar-refractivity contribution in [3.05, 3.63) is 23.2 Å². The van der Waals surface area contributed by atoms with E-state index in [1.807, 2.05) is 0 Å². The highest BCUT2D eigenvalue weighted by Gasteiger charge is 2.22. The maximum absolute atomic E-state index is 12.3. The van der Waals surface area contributed by atoms with Gasteiger partial charge in [-0.2, -0.15) is 14.0 Å². The Morgan fingerprint density at radius 1 is 1.45 bits per heavy atom. The number of hydrogen-bond acceptors (Lipinski definition) is 3. The molecule has 0 bridgehead atoms. The summed E-state index contributed by atoms with van der Waals surface area (Å²) < 4.78 is 28.8. The zero-order valence-corrected chi connectivity index (χ0v) is 12.3. The van der Waals surface area contributed by atoms with Crippen molar-refractivity contribution in [1.29, 1.82) is 5.26 Å². The van der Waals surface area contributed by atoms with Gasteiger partial charge in [0.25, 0.3) is 0 Å². The molecule has 5 nitrogen and oxygen atoms in total. The SMILES string of the molecule is N#CC1CCN(C(=O)Nc2ccc(Cl)c(OC(F)F)c2)CC1. The predicted molar refractivity (Wildman–Crippen MR) is 77.0 cm³/mol. The van der Waals surface area contributed by atoms with E-state index >= 15 is 0 Å². The number of likely N-dealkylation sites (tertiary alicyclic amines) is 1. The Labute approximate surface area is 131 Å². The number of urea groups is 1. The molecule has 0 aromatic heterocycles. The summed E-state index contributed by atoms with van der Waals surface area (Å²) >= 11 is 5.75. The second-order valence-corrected chi connectivity index (χ2v) is 5.25. The summed E-state index contributed by atoms with van der Waals surface area (Å²) in [5, 5.41) is 11.5. The third-order valence-electron chi connectivity index (χ3n) is 3.36. The fraction of sp³-hybridized carbons (Fsp3) is 0.429. The van der Waals surface area contributed by atoms with Crippen molar-refractivity contribution in [1.82, 2.24) is 4.90 Å². The van der Waals surface area contributed by atoms with Crippen LogP contribution in [0.25, 0.3) is 0 Å². The third-order valence-corrected chi connectivity index (χ3v) is 3.68. The van der Waals surface area contributed by atoms with Crippen molar-refractivity contribution in [2.75, 3.05) is 18.4 Å². The van der Waals surface area contributed by atoms with Crippen molar-refractivity contribution in [2.24, 2.45) is 5.92 Å². The van der Waals surface area contributed by atoms with Gasteiger partial charge in [-0.3, -0.25) is 0 Å². The molecule has 1 aromatic rings. The maximum atomic E-state index is 12.3. The van der Waals surface area contributed by atoms with E-state index in [4.69, 9.17) is 16.9 Å². The van der Waals surface area contributed by atoms with Gasteiger partial charge < -0.3 is 15.0 Å². The van der Waals surface area contributed by atoms with Crippen LogP contribution in [0.15, 0.2) is 18.2 Å². The Balaban J connectivity index is 1.98. The van der Waals surface area contributed by atoms with Crippen LogP contribution in [0.1, 0.15) is 12.8 Å². The van der Waals surface area contributed by atoms with Gasteiger partial charge in [0.2, 0.25) is 0 Å². The molecule has 1 aromatic carbocycles. The average Bonchev–Trinajstić information content (AvgIpc) is 2.50. The van der Waals surface area contributed by atoms with Gasteiger partial charge in [0.15, 0.2) is 0 Å². The molecule has 0 atom stereocenters. The van der Waals surface area contributed by atoms with E-state index in [1.165, 1.54) is 18.2 Å². The molecule has 2 amide bonds. The largest absolute Gasteiger partial charge is 0.433 e. The summed E-state index contributed by atoms with van der Waals surface area (Å²) in [5.41, 5.74) is 0.312. The van der Waals surface area contributed by atoms with E-state index in [9.17, 15) is 13.6 Å². The Bertz CT molecular complexity index is 584. The van der Waals surface area contributed by atoms with Gasteiger partial charge in [-0.1, -0.05) is 11.6 Å². The Hall–Kier alpha value is -2.07. The van der Waals surface area contributed by atoms with E-state index in [1.54, 1.807) is 4.90 Å². The normalized spacial score (nSPS) is 15.5. The topological polar surface area (TPSA) is 65.4 Å². The minimum atomic E-state index is -2.99. The molecule has 0 saturated carbocycles. The molecule has 0 spiro atoms. The van der Waals surface area contributed by atoms with Crippen LogP contribution in [-0.4, -0.2) is 30.6 Å². The maximum Gasteiger partial charge on any atom is 0.387 e. The van der Waals surface area contributed by atoms with Crippen LogP contribution in [0.4, 0.5) is 19.3 Å². The van der Waals surface area contributed by atoms with Crippen LogP contribution in [0.5, 0.6) is 5.75 Å². The van der Waals surface area contributed by atoms with E-state index < -0.39 is 6.61 Å². The monoisotopic (exact) mass is 329 g/mol. The van der Waals surface area contributed by atoms with Gasteiger partial charge in [0, 0.05) is 30.8 Å². The molecular weight excluding hydrogens is 316 g/mol. The van der Waals surface area contributed by atoms with Crippen LogP contribution >= 0.6 is 11.6 Å². The molecule has 1 aliphatic rings. The summed E-state index contributed by atoms with van der Waals surface area (Å²) in [7, 11) is 0. The van der Waals surface area contributed by atoms with Crippen LogP contribution in [0.3, 0.4) is 0 Å². The van der Waals surface area contributed by atoms with E-state index in [-0.39, 0.29) is 22.7 Å². The van der Waals surface area contributed by atoms with E-state index in [2.05, 4.69) is 16.1 Å². The fourth-order valence-corrected chi connectivity index (χ4v) is 2.34. The lowest BCUT2D eigenvalue weighted by Gasteiger charge is -2.29. The highest BCUT2D eigenvalue weighted by atomic mass is 35.5. The molecule has 22 heavy (non-hydrogen) atoms. The number of amides is 2. The number of nitrogens with one attached hydrogen (secondary N) is 1. The fourth-order valence-electron chi connectivity index (χ4n) is 2.18. The number of nitriles is 1. The number of benzene rings is 1. The lowest BCUT2D eigenvalue weighted by atomic mass is 9.99. The second-order valence-electron chi connectivity index (χ2n) is 4.84. The molecule has 2 rings (SSSR count). The lowest BCUT2D eigenvalue weighted by molar-refractivity contribution is -0.0497. The molecule has 1 aliphatic heterocycles. The zero-order valence-electron chi connectivity index (χ0n) is 11.6. The molecule has 1 fully saturated rings. The molecule has 0 radical (unpaired) electrons. The van der Waals surface area contributed by atoms with Crippen molar-refractivity contribution in [2.45, 2.75) is 19.5 Å². The first-order chi connectivity index (χ1) is 10.5. The van der Waals surface area contributed by atoms with Crippen molar-refractivity contribution in [3.63, 3.8) is 0 Å².